The molecule has 0 heterocycles. The topological polar surface area (TPSA) is 63.6 Å². The second-order valence-corrected chi connectivity index (χ2v) is 12.7. The van der Waals surface area contributed by atoms with Gasteiger partial charge in [-0.05, 0) is 70.6 Å². The van der Waals surface area contributed by atoms with Crippen LogP contribution in [0.1, 0.15) is 200 Å². The van der Waals surface area contributed by atoms with Gasteiger partial charge in [-0.25, -0.2) is 0 Å². The fourth-order valence-electron chi connectivity index (χ4n) is 5.61. The lowest BCUT2D eigenvalue weighted by Gasteiger charge is -2.18. The lowest BCUT2D eigenvalue weighted by atomic mass is 10.0. The Morgan fingerprint density at radius 1 is 0.523 bits per heavy atom. The minimum Gasteiger partial charge on any atom is -0.481 e. The Morgan fingerprint density at radius 3 is 1.48 bits per heavy atom. The summed E-state index contributed by atoms with van der Waals surface area (Å²) in [5.74, 6) is -0.672. The minimum absolute atomic E-state index is 0.0112. The van der Waals surface area contributed by atoms with Crippen molar-refractivity contribution in [1.29, 1.82) is 0 Å². The first kappa shape index (κ1) is 42.2. The molecule has 0 aromatic heterocycles. The summed E-state index contributed by atoms with van der Waals surface area (Å²) in [7, 11) is 0. The molecular formula is C40H72O4. The molecule has 0 amide bonds. The maximum Gasteiger partial charge on any atom is 0.306 e. The molecular weight excluding hydrogens is 544 g/mol. The predicted molar refractivity (Wildman–Crippen MR) is 190 cm³/mol. The summed E-state index contributed by atoms with van der Waals surface area (Å²) in [6, 6.07) is 0. The molecule has 0 bridgehead atoms. The summed E-state index contributed by atoms with van der Waals surface area (Å²) in [5.41, 5.74) is 0. The zero-order valence-electron chi connectivity index (χ0n) is 29.2. The Hall–Kier alpha value is -1.84. The molecule has 0 saturated heterocycles. The third-order valence-electron chi connectivity index (χ3n) is 8.38. The van der Waals surface area contributed by atoms with Gasteiger partial charge in [-0.2, -0.15) is 0 Å². The highest BCUT2D eigenvalue weighted by Gasteiger charge is 2.14. The van der Waals surface area contributed by atoms with Crippen LogP contribution in [0.15, 0.2) is 36.5 Å². The van der Waals surface area contributed by atoms with Crippen molar-refractivity contribution >= 4 is 11.9 Å². The molecule has 0 spiro atoms. The summed E-state index contributed by atoms with van der Waals surface area (Å²) in [6.07, 6.45) is 45.9. The van der Waals surface area contributed by atoms with E-state index in [1.165, 1.54) is 96.3 Å². The molecule has 0 aliphatic heterocycles. The molecule has 0 aromatic carbocycles. The van der Waals surface area contributed by atoms with Crippen LogP contribution in [-0.2, 0) is 14.3 Å². The van der Waals surface area contributed by atoms with Crippen LogP contribution in [0, 0.1) is 0 Å². The van der Waals surface area contributed by atoms with Gasteiger partial charge in [-0.1, -0.05) is 153 Å². The average Bonchev–Trinajstić information content (AvgIpc) is 3.01. The number of rotatable bonds is 34. The van der Waals surface area contributed by atoms with Gasteiger partial charge in [-0.3, -0.25) is 9.59 Å². The highest BCUT2D eigenvalue weighted by Crippen LogP contribution is 2.19. The summed E-state index contributed by atoms with van der Waals surface area (Å²) in [6.45, 7) is 4.43. The highest BCUT2D eigenvalue weighted by molar-refractivity contribution is 5.69. The Labute approximate surface area is 273 Å². The quantitative estimate of drug-likeness (QED) is 0.0444. The van der Waals surface area contributed by atoms with Gasteiger partial charge in [0.25, 0.3) is 0 Å². The smallest absolute Gasteiger partial charge is 0.306 e. The second kappa shape index (κ2) is 35.6. The first-order valence-corrected chi connectivity index (χ1v) is 19.0. The lowest BCUT2D eigenvalue weighted by molar-refractivity contribution is -0.150. The molecule has 1 N–H and O–H groups in total. The molecule has 0 aromatic rings. The van der Waals surface area contributed by atoms with E-state index in [4.69, 9.17) is 9.84 Å². The number of carboxylic acid groups (broad SMARTS) is 1. The van der Waals surface area contributed by atoms with E-state index in [1.54, 1.807) is 0 Å². The molecule has 0 aliphatic carbocycles. The molecule has 0 fully saturated rings. The predicted octanol–water partition coefficient (Wildman–Crippen LogP) is 13.0. The molecule has 0 aliphatic rings. The van der Waals surface area contributed by atoms with E-state index in [0.29, 0.717) is 12.8 Å². The molecule has 0 radical (unpaired) electrons. The summed E-state index contributed by atoms with van der Waals surface area (Å²) < 4.78 is 6.02. The Kier molecular flexibility index (Phi) is 34.1. The molecule has 1 atom stereocenters. The number of ether oxygens (including phenoxy) is 1. The Bertz CT molecular complexity index is 708. The van der Waals surface area contributed by atoms with Crippen LogP contribution in [0.25, 0.3) is 0 Å². The van der Waals surface area contributed by atoms with Gasteiger partial charge in [0.05, 0.1) is 0 Å². The fraction of sp³-hybridized carbons (Fsp3) is 0.800. The van der Waals surface area contributed by atoms with E-state index in [-0.39, 0.29) is 12.1 Å². The third-order valence-corrected chi connectivity index (χ3v) is 8.38. The number of carboxylic acids is 1. The minimum atomic E-state index is -0.683. The van der Waals surface area contributed by atoms with Gasteiger partial charge in [-0.15, -0.1) is 0 Å². The van der Waals surface area contributed by atoms with Crippen molar-refractivity contribution in [1.82, 2.24) is 0 Å². The molecule has 4 nitrogen and oxygen atoms in total. The standard InChI is InChI=1S/C40H72O4/c1-3-5-7-9-11-13-14-15-16-17-18-19-25-29-33-37-40(43)44-38(34-30-26-22-12-10-8-6-4-2)35-31-27-23-20-21-24-28-32-36-39(41)42/h5,7,11,13,15-16,38H,3-4,6,8-10,12,14,17-37H2,1-2H3,(H,41,42)/b7-5-,13-11-,16-15-. The van der Waals surface area contributed by atoms with Crippen molar-refractivity contribution in [2.75, 3.05) is 0 Å². The number of carbonyl (C=O) groups is 2. The second-order valence-electron chi connectivity index (χ2n) is 12.7. The molecule has 256 valence electrons. The van der Waals surface area contributed by atoms with E-state index in [0.717, 1.165) is 77.0 Å². The Morgan fingerprint density at radius 2 is 0.955 bits per heavy atom. The monoisotopic (exact) mass is 617 g/mol. The van der Waals surface area contributed by atoms with E-state index in [1.807, 2.05) is 0 Å². The summed E-state index contributed by atoms with van der Waals surface area (Å²) in [5, 5.41) is 8.73. The van der Waals surface area contributed by atoms with Gasteiger partial charge >= 0.3 is 11.9 Å². The van der Waals surface area contributed by atoms with Crippen LogP contribution >= 0.6 is 0 Å². The highest BCUT2D eigenvalue weighted by atomic mass is 16.5. The number of unbranched alkanes of at least 4 members (excludes halogenated alkanes) is 19. The van der Waals surface area contributed by atoms with E-state index >= 15 is 0 Å². The van der Waals surface area contributed by atoms with E-state index in [2.05, 4.69) is 50.3 Å². The van der Waals surface area contributed by atoms with Crippen LogP contribution in [-0.4, -0.2) is 23.1 Å². The SMILES string of the molecule is CC/C=C\C/C=C\C/C=C\CCCCCCCC(=O)OC(CCCCCCCCCC)CCCCCCCCCCC(=O)O. The molecule has 0 saturated carbocycles. The van der Waals surface area contributed by atoms with Crippen LogP contribution in [0.3, 0.4) is 0 Å². The number of esters is 1. The number of hydrogen-bond donors (Lipinski definition) is 1. The van der Waals surface area contributed by atoms with Gasteiger partial charge in [0.15, 0.2) is 0 Å². The van der Waals surface area contributed by atoms with Crippen LogP contribution < -0.4 is 0 Å². The summed E-state index contributed by atoms with van der Waals surface area (Å²) >= 11 is 0. The normalized spacial score (nSPS) is 12.6. The zero-order valence-corrected chi connectivity index (χ0v) is 29.2. The van der Waals surface area contributed by atoms with Crippen molar-refractivity contribution in [3.05, 3.63) is 36.5 Å². The van der Waals surface area contributed by atoms with Gasteiger partial charge in [0.2, 0.25) is 0 Å². The largest absolute Gasteiger partial charge is 0.481 e. The number of carbonyl (C=O) groups excluding carboxylic acids is 1. The zero-order chi connectivity index (χ0) is 32.2. The fourth-order valence-corrected chi connectivity index (χ4v) is 5.61. The van der Waals surface area contributed by atoms with Gasteiger partial charge in [0, 0.05) is 12.8 Å². The van der Waals surface area contributed by atoms with Gasteiger partial charge in [0.1, 0.15) is 6.10 Å². The maximum atomic E-state index is 12.6. The molecule has 0 rings (SSSR count). The lowest BCUT2D eigenvalue weighted by Crippen LogP contribution is -2.18. The average molecular weight is 617 g/mol. The first-order valence-electron chi connectivity index (χ1n) is 19.0. The number of aliphatic carboxylic acids is 1. The van der Waals surface area contributed by atoms with Crippen LogP contribution in [0.5, 0.6) is 0 Å². The number of allylic oxidation sites excluding steroid dienone is 6. The van der Waals surface area contributed by atoms with E-state index < -0.39 is 5.97 Å². The van der Waals surface area contributed by atoms with Crippen molar-refractivity contribution in [2.45, 2.75) is 206 Å². The van der Waals surface area contributed by atoms with Gasteiger partial charge < -0.3 is 9.84 Å². The number of hydrogen-bond acceptors (Lipinski definition) is 3. The van der Waals surface area contributed by atoms with Crippen molar-refractivity contribution in [3.63, 3.8) is 0 Å². The third kappa shape index (κ3) is 34.6. The Balaban J connectivity index is 4.07. The van der Waals surface area contributed by atoms with Crippen LogP contribution in [0.4, 0.5) is 0 Å². The maximum absolute atomic E-state index is 12.6. The molecule has 1 unspecified atom stereocenters. The first-order chi connectivity index (χ1) is 21.6. The van der Waals surface area contributed by atoms with Crippen molar-refractivity contribution < 1.29 is 19.4 Å². The van der Waals surface area contributed by atoms with E-state index in [9.17, 15) is 9.59 Å². The molecule has 44 heavy (non-hydrogen) atoms. The van der Waals surface area contributed by atoms with Crippen molar-refractivity contribution in [3.8, 4) is 0 Å². The van der Waals surface area contributed by atoms with Crippen molar-refractivity contribution in [2.24, 2.45) is 0 Å². The van der Waals surface area contributed by atoms with Crippen LogP contribution in [0.2, 0.25) is 0 Å². The molecule has 4 heteroatoms. The summed E-state index contributed by atoms with van der Waals surface area (Å²) in [4.78, 5) is 23.3.